The smallest absolute Gasteiger partial charge is 0.293 e. The van der Waals surface area contributed by atoms with Gasteiger partial charge < -0.3 is 19.7 Å². The first-order valence-corrected chi connectivity index (χ1v) is 10.3. The molecule has 3 rings (SSSR count). The van der Waals surface area contributed by atoms with Crippen LogP contribution in [0.2, 0.25) is 0 Å². The topological polar surface area (TPSA) is 93.9 Å². The van der Waals surface area contributed by atoms with Crippen molar-refractivity contribution in [2.45, 2.75) is 33.1 Å². The van der Waals surface area contributed by atoms with Crippen LogP contribution >= 0.6 is 0 Å². The Morgan fingerprint density at radius 3 is 2.40 bits per heavy atom. The van der Waals surface area contributed by atoms with Gasteiger partial charge in [0, 0.05) is 36.5 Å². The highest BCUT2D eigenvalue weighted by Crippen LogP contribution is 2.33. The lowest BCUT2D eigenvalue weighted by molar-refractivity contribution is -0.384. The number of ether oxygens (including phenoxy) is 2. The number of carbonyl (C=O) groups excluding carboxylic acids is 1. The number of nitrogens with one attached hydrogen (secondary N) is 1. The van der Waals surface area contributed by atoms with Gasteiger partial charge in [0.2, 0.25) is 0 Å². The van der Waals surface area contributed by atoms with Crippen molar-refractivity contribution in [3.8, 4) is 11.5 Å². The van der Waals surface area contributed by atoms with E-state index < -0.39 is 10.8 Å². The minimum absolute atomic E-state index is 0.0498. The van der Waals surface area contributed by atoms with Crippen LogP contribution in [0.25, 0.3) is 0 Å². The summed E-state index contributed by atoms with van der Waals surface area (Å²) in [6, 6.07) is 9.76. The minimum Gasteiger partial charge on any atom is -0.490 e. The Bertz CT molecular complexity index is 910. The molecule has 0 atom stereocenters. The molecule has 2 aromatic carbocycles. The molecule has 1 fully saturated rings. The molecular formula is C22H27N3O5. The monoisotopic (exact) mass is 413 g/mol. The van der Waals surface area contributed by atoms with Gasteiger partial charge in [-0.15, -0.1) is 0 Å². The summed E-state index contributed by atoms with van der Waals surface area (Å²) >= 11 is 0. The summed E-state index contributed by atoms with van der Waals surface area (Å²) in [5, 5.41) is 14.4. The van der Waals surface area contributed by atoms with Gasteiger partial charge in [0.25, 0.3) is 11.6 Å². The van der Waals surface area contributed by atoms with Crippen molar-refractivity contribution in [3.05, 3.63) is 52.1 Å². The van der Waals surface area contributed by atoms with Crippen LogP contribution < -0.4 is 19.7 Å². The Balaban J connectivity index is 1.82. The predicted molar refractivity (Wildman–Crippen MR) is 116 cm³/mol. The molecule has 1 aliphatic heterocycles. The lowest BCUT2D eigenvalue weighted by Gasteiger charge is -2.28. The molecule has 1 heterocycles. The predicted octanol–water partition coefficient (Wildman–Crippen LogP) is 4.63. The van der Waals surface area contributed by atoms with E-state index in [9.17, 15) is 14.9 Å². The van der Waals surface area contributed by atoms with Gasteiger partial charge in [-0.1, -0.05) is 0 Å². The average Bonchev–Trinajstić information content (AvgIpc) is 2.76. The molecule has 0 aliphatic carbocycles. The number of nitrogens with zero attached hydrogens (tertiary/aromatic N) is 2. The van der Waals surface area contributed by atoms with Crippen LogP contribution in [0.5, 0.6) is 11.5 Å². The zero-order valence-corrected chi connectivity index (χ0v) is 17.3. The van der Waals surface area contributed by atoms with Gasteiger partial charge in [-0.2, -0.15) is 0 Å². The first-order valence-electron chi connectivity index (χ1n) is 10.3. The summed E-state index contributed by atoms with van der Waals surface area (Å²) in [5.74, 6) is 0.706. The molecule has 2 aromatic rings. The Kier molecular flexibility index (Phi) is 7.11. The second-order valence-corrected chi connectivity index (χ2v) is 6.99. The van der Waals surface area contributed by atoms with E-state index in [2.05, 4.69) is 5.32 Å². The van der Waals surface area contributed by atoms with Crippen LogP contribution in [-0.2, 0) is 0 Å². The molecule has 160 valence electrons. The van der Waals surface area contributed by atoms with Crippen LogP contribution in [-0.4, -0.2) is 37.1 Å². The second kappa shape index (κ2) is 9.96. The third kappa shape index (κ3) is 5.00. The van der Waals surface area contributed by atoms with E-state index in [1.807, 2.05) is 18.7 Å². The largest absolute Gasteiger partial charge is 0.490 e. The number of hydrogen-bond acceptors (Lipinski definition) is 6. The van der Waals surface area contributed by atoms with E-state index in [1.54, 1.807) is 30.3 Å². The zero-order chi connectivity index (χ0) is 21.5. The fourth-order valence-corrected chi connectivity index (χ4v) is 3.55. The van der Waals surface area contributed by atoms with Gasteiger partial charge in [0.15, 0.2) is 11.5 Å². The number of piperidine rings is 1. The van der Waals surface area contributed by atoms with Gasteiger partial charge in [0.05, 0.1) is 18.1 Å². The summed E-state index contributed by atoms with van der Waals surface area (Å²) in [7, 11) is 0. The highest BCUT2D eigenvalue weighted by molar-refractivity contribution is 6.05. The first kappa shape index (κ1) is 21.4. The SMILES string of the molecule is CCOc1ccc(NC(=O)c2ccc(N3CCCCC3)c([N+](=O)[O-])c2)cc1OCC. The van der Waals surface area contributed by atoms with Crippen LogP contribution in [0.4, 0.5) is 17.1 Å². The molecule has 0 unspecified atom stereocenters. The molecule has 0 bridgehead atoms. The number of nitro groups is 1. The minimum atomic E-state index is -0.426. The van der Waals surface area contributed by atoms with E-state index in [4.69, 9.17) is 9.47 Å². The number of anilines is 2. The van der Waals surface area contributed by atoms with Crippen LogP contribution in [0, 0.1) is 10.1 Å². The van der Waals surface area contributed by atoms with Gasteiger partial charge in [-0.05, 0) is 57.4 Å². The Hall–Kier alpha value is -3.29. The van der Waals surface area contributed by atoms with Crippen molar-refractivity contribution in [1.29, 1.82) is 0 Å². The maximum atomic E-state index is 12.7. The average molecular weight is 413 g/mol. The number of hydrogen-bond donors (Lipinski definition) is 1. The lowest BCUT2D eigenvalue weighted by Crippen LogP contribution is -2.30. The lowest BCUT2D eigenvalue weighted by atomic mass is 10.1. The summed E-state index contributed by atoms with van der Waals surface area (Å²) < 4.78 is 11.1. The van der Waals surface area contributed by atoms with Crippen LogP contribution in [0.15, 0.2) is 36.4 Å². The van der Waals surface area contributed by atoms with Crippen molar-refractivity contribution in [1.82, 2.24) is 0 Å². The van der Waals surface area contributed by atoms with E-state index in [1.165, 1.54) is 6.07 Å². The maximum Gasteiger partial charge on any atom is 0.293 e. The highest BCUT2D eigenvalue weighted by Gasteiger charge is 2.23. The summed E-state index contributed by atoms with van der Waals surface area (Å²) in [4.78, 5) is 26.0. The Morgan fingerprint density at radius 1 is 1.03 bits per heavy atom. The molecule has 30 heavy (non-hydrogen) atoms. The van der Waals surface area contributed by atoms with E-state index in [-0.39, 0.29) is 11.3 Å². The normalized spacial score (nSPS) is 13.6. The van der Waals surface area contributed by atoms with Gasteiger partial charge in [-0.25, -0.2) is 0 Å². The number of nitro benzene ring substituents is 1. The molecule has 8 heteroatoms. The summed E-state index contributed by atoms with van der Waals surface area (Å²) in [5.41, 5.74) is 1.27. The third-order valence-corrected chi connectivity index (χ3v) is 4.93. The molecule has 1 saturated heterocycles. The van der Waals surface area contributed by atoms with Crippen molar-refractivity contribution in [2.24, 2.45) is 0 Å². The van der Waals surface area contributed by atoms with Gasteiger partial charge in [-0.3, -0.25) is 14.9 Å². The highest BCUT2D eigenvalue weighted by atomic mass is 16.6. The molecule has 8 nitrogen and oxygen atoms in total. The molecule has 1 N–H and O–H groups in total. The second-order valence-electron chi connectivity index (χ2n) is 6.99. The van der Waals surface area contributed by atoms with Gasteiger partial charge in [0.1, 0.15) is 5.69 Å². The number of carbonyl (C=O) groups is 1. The van der Waals surface area contributed by atoms with Crippen molar-refractivity contribution >= 4 is 23.0 Å². The summed E-state index contributed by atoms with van der Waals surface area (Å²) in [6.07, 6.45) is 3.16. The fourth-order valence-electron chi connectivity index (χ4n) is 3.55. The quantitative estimate of drug-likeness (QED) is 0.501. The summed E-state index contributed by atoms with van der Waals surface area (Å²) in [6.45, 7) is 6.29. The number of benzene rings is 2. The Labute approximate surface area is 175 Å². The third-order valence-electron chi connectivity index (χ3n) is 4.93. The van der Waals surface area contributed by atoms with Crippen LogP contribution in [0.1, 0.15) is 43.5 Å². The Morgan fingerprint density at radius 2 is 1.73 bits per heavy atom. The molecule has 0 radical (unpaired) electrons. The molecule has 0 saturated carbocycles. The zero-order valence-electron chi connectivity index (χ0n) is 17.3. The van der Waals surface area contributed by atoms with E-state index in [0.717, 1.165) is 32.4 Å². The van der Waals surface area contributed by atoms with Crippen molar-refractivity contribution in [3.63, 3.8) is 0 Å². The standard InChI is InChI=1S/C22H27N3O5/c1-3-29-20-11-9-17(15-21(20)30-4-2)23-22(26)16-8-10-18(19(14-16)25(27)28)24-12-6-5-7-13-24/h8-11,14-15H,3-7,12-13H2,1-2H3,(H,23,26). The van der Waals surface area contributed by atoms with E-state index >= 15 is 0 Å². The molecular weight excluding hydrogens is 386 g/mol. The molecule has 0 aromatic heterocycles. The first-order chi connectivity index (χ1) is 14.5. The van der Waals surface area contributed by atoms with Crippen molar-refractivity contribution < 1.29 is 19.2 Å². The molecule has 0 spiro atoms. The molecule has 1 aliphatic rings. The maximum absolute atomic E-state index is 12.7. The van der Waals surface area contributed by atoms with E-state index in [0.29, 0.717) is 36.1 Å². The fraction of sp³-hybridized carbons (Fsp3) is 0.409. The number of rotatable bonds is 8. The molecule has 1 amide bonds. The van der Waals surface area contributed by atoms with Crippen molar-refractivity contribution in [2.75, 3.05) is 36.5 Å². The van der Waals surface area contributed by atoms with Crippen LogP contribution in [0.3, 0.4) is 0 Å². The number of amides is 1. The van der Waals surface area contributed by atoms with Gasteiger partial charge >= 0.3 is 0 Å².